The second-order valence-corrected chi connectivity index (χ2v) is 3.75. The Balaban J connectivity index is 2.54. The Hall–Kier alpha value is -1.13. The van der Waals surface area contributed by atoms with Crippen LogP contribution in [0.2, 0.25) is 0 Å². The molecule has 0 fully saturated rings. The molecule has 0 atom stereocenters. The first-order valence-electron chi connectivity index (χ1n) is 4.02. The third-order valence-electron chi connectivity index (χ3n) is 1.83. The summed E-state index contributed by atoms with van der Waals surface area (Å²) in [7, 11) is 0. The van der Waals surface area contributed by atoms with Gasteiger partial charge in [-0.15, -0.1) is 0 Å². The highest BCUT2D eigenvalue weighted by Gasteiger charge is 2.01. The molecule has 2 N–H and O–H groups in total. The molecule has 0 saturated heterocycles. The summed E-state index contributed by atoms with van der Waals surface area (Å²) in [4.78, 5) is 10.6. The molecule has 2 rings (SSSR count). The molecule has 0 unspecified atom stereocenters. The molecule has 0 aliphatic rings. The van der Waals surface area contributed by atoms with Gasteiger partial charge >= 0.3 is 4.94 Å². The lowest BCUT2D eigenvalue weighted by Crippen LogP contribution is -2.02. The third kappa shape index (κ3) is 1.64. The predicted molar refractivity (Wildman–Crippen MR) is 53.1 cm³/mol. The highest BCUT2D eigenvalue weighted by atomic mass is 32.1. The maximum atomic E-state index is 10.9. The topological polar surface area (TPSA) is 56.2 Å². The van der Waals surface area contributed by atoms with Crippen LogP contribution in [0.25, 0.3) is 10.3 Å². The molecular formula is C9H9NO2S. The molecule has 0 aliphatic heterocycles. The van der Waals surface area contributed by atoms with Gasteiger partial charge < -0.3 is 10.2 Å². The van der Waals surface area contributed by atoms with Gasteiger partial charge in [0.1, 0.15) is 5.58 Å². The van der Waals surface area contributed by atoms with Crippen LogP contribution in [0.4, 0.5) is 0 Å². The van der Waals surface area contributed by atoms with Crippen LogP contribution in [0.15, 0.2) is 27.4 Å². The van der Waals surface area contributed by atoms with Crippen LogP contribution < -0.4 is 10.7 Å². The van der Waals surface area contributed by atoms with E-state index in [0.29, 0.717) is 12.1 Å². The van der Waals surface area contributed by atoms with E-state index in [1.807, 2.05) is 18.2 Å². The lowest BCUT2D eigenvalue weighted by atomic mass is 10.1. The normalized spacial score (nSPS) is 10.8. The Bertz CT molecular complexity index is 472. The van der Waals surface area contributed by atoms with Gasteiger partial charge in [-0.1, -0.05) is 17.4 Å². The van der Waals surface area contributed by atoms with Crippen LogP contribution in [0.1, 0.15) is 5.56 Å². The van der Waals surface area contributed by atoms with E-state index in [2.05, 4.69) is 0 Å². The minimum Gasteiger partial charge on any atom is -0.414 e. The molecule has 1 heterocycles. The maximum Gasteiger partial charge on any atom is 0.396 e. The monoisotopic (exact) mass is 195 g/mol. The fraction of sp³-hybridized carbons (Fsp3) is 0.222. The average Bonchev–Trinajstić information content (AvgIpc) is 2.44. The molecule has 1 aromatic heterocycles. The van der Waals surface area contributed by atoms with Gasteiger partial charge in [0.25, 0.3) is 0 Å². The predicted octanol–water partition coefficient (Wildman–Crippen LogP) is 1.36. The van der Waals surface area contributed by atoms with Gasteiger partial charge in [0.15, 0.2) is 0 Å². The maximum absolute atomic E-state index is 10.9. The second-order valence-electron chi connectivity index (χ2n) is 2.77. The van der Waals surface area contributed by atoms with Crippen molar-refractivity contribution in [2.75, 3.05) is 6.54 Å². The summed E-state index contributed by atoms with van der Waals surface area (Å²) in [6.07, 6.45) is 0.815. The van der Waals surface area contributed by atoms with Crippen molar-refractivity contribution in [3.63, 3.8) is 0 Å². The molecule has 3 nitrogen and oxygen atoms in total. The van der Waals surface area contributed by atoms with Gasteiger partial charge in [-0.05, 0) is 30.7 Å². The second kappa shape index (κ2) is 3.32. The third-order valence-corrected chi connectivity index (χ3v) is 2.63. The van der Waals surface area contributed by atoms with Crippen molar-refractivity contribution >= 4 is 21.6 Å². The molecule has 0 aliphatic carbocycles. The van der Waals surface area contributed by atoms with Crippen LogP contribution in [0.5, 0.6) is 0 Å². The van der Waals surface area contributed by atoms with E-state index >= 15 is 0 Å². The van der Waals surface area contributed by atoms with E-state index in [1.165, 1.54) is 0 Å². The first-order valence-corrected chi connectivity index (χ1v) is 4.84. The largest absolute Gasteiger partial charge is 0.414 e. The molecular weight excluding hydrogens is 186 g/mol. The van der Waals surface area contributed by atoms with Gasteiger partial charge in [0.2, 0.25) is 0 Å². The minimum absolute atomic E-state index is 0.250. The summed E-state index contributed by atoms with van der Waals surface area (Å²) < 4.78 is 5.87. The number of hydrogen-bond acceptors (Lipinski definition) is 4. The van der Waals surface area contributed by atoms with Crippen molar-refractivity contribution in [2.24, 2.45) is 5.73 Å². The number of rotatable bonds is 2. The first-order chi connectivity index (χ1) is 6.29. The Morgan fingerprint density at radius 3 is 3.08 bits per heavy atom. The van der Waals surface area contributed by atoms with E-state index in [-0.39, 0.29) is 4.94 Å². The van der Waals surface area contributed by atoms with Crippen molar-refractivity contribution < 1.29 is 4.42 Å². The van der Waals surface area contributed by atoms with Gasteiger partial charge in [0, 0.05) is 0 Å². The Morgan fingerprint density at radius 2 is 2.31 bits per heavy atom. The molecule has 68 valence electrons. The van der Waals surface area contributed by atoms with Crippen molar-refractivity contribution in [3.8, 4) is 0 Å². The molecule has 0 saturated carbocycles. The van der Waals surface area contributed by atoms with Gasteiger partial charge in [-0.2, -0.15) is 0 Å². The number of benzene rings is 1. The molecule has 0 bridgehead atoms. The van der Waals surface area contributed by atoms with Crippen molar-refractivity contribution in [3.05, 3.63) is 33.5 Å². The Labute approximate surface area is 78.8 Å². The lowest BCUT2D eigenvalue weighted by Gasteiger charge is -1.95. The van der Waals surface area contributed by atoms with Crippen LogP contribution in [-0.4, -0.2) is 6.54 Å². The summed E-state index contributed by atoms with van der Waals surface area (Å²) in [5, 5.41) is 0. The van der Waals surface area contributed by atoms with E-state index < -0.39 is 0 Å². The average molecular weight is 195 g/mol. The summed E-state index contributed by atoms with van der Waals surface area (Å²) in [6, 6.07) is 5.75. The minimum atomic E-state index is -0.250. The van der Waals surface area contributed by atoms with E-state index in [0.717, 1.165) is 28.0 Å². The van der Waals surface area contributed by atoms with Crippen LogP contribution in [-0.2, 0) is 6.42 Å². The Morgan fingerprint density at radius 1 is 1.46 bits per heavy atom. The smallest absolute Gasteiger partial charge is 0.396 e. The van der Waals surface area contributed by atoms with Crippen LogP contribution in [0.3, 0.4) is 0 Å². The molecule has 2 aromatic rings. The fourth-order valence-corrected chi connectivity index (χ4v) is 1.89. The summed E-state index contributed by atoms with van der Waals surface area (Å²) in [5.41, 5.74) is 7.20. The summed E-state index contributed by atoms with van der Waals surface area (Å²) in [5.74, 6) is 0. The summed E-state index contributed by atoms with van der Waals surface area (Å²) in [6.45, 7) is 0.611. The van der Waals surface area contributed by atoms with Crippen LogP contribution >= 0.6 is 11.3 Å². The molecule has 0 amide bonds. The van der Waals surface area contributed by atoms with Gasteiger partial charge in [-0.25, -0.2) is 4.79 Å². The quantitative estimate of drug-likeness (QED) is 0.787. The Kier molecular flexibility index (Phi) is 2.16. The lowest BCUT2D eigenvalue weighted by molar-refractivity contribution is 0.585. The zero-order valence-electron chi connectivity index (χ0n) is 6.95. The molecule has 13 heavy (non-hydrogen) atoms. The standard InChI is InChI=1S/C9H9NO2S/c10-4-3-6-1-2-8-7(5-6)12-9(11)13-8/h1-2,5H,3-4,10H2. The summed E-state index contributed by atoms with van der Waals surface area (Å²) >= 11 is 1.13. The van der Waals surface area contributed by atoms with Crippen molar-refractivity contribution in [1.82, 2.24) is 0 Å². The fourth-order valence-electron chi connectivity index (χ4n) is 1.24. The highest BCUT2D eigenvalue weighted by molar-refractivity contribution is 7.16. The van der Waals surface area contributed by atoms with Crippen LogP contribution in [0, 0.1) is 0 Å². The number of fused-ring (bicyclic) bond motifs is 1. The van der Waals surface area contributed by atoms with Gasteiger partial charge in [-0.3, -0.25) is 0 Å². The van der Waals surface area contributed by atoms with E-state index in [9.17, 15) is 4.79 Å². The zero-order valence-corrected chi connectivity index (χ0v) is 7.76. The first kappa shape index (κ1) is 8.47. The van der Waals surface area contributed by atoms with E-state index in [4.69, 9.17) is 10.2 Å². The zero-order chi connectivity index (χ0) is 9.26. The molecule has 0 spiro atoms. The highest BCUT2D eigenvalue weighted by Crippen LogP contribution is 2.18. The van der Waals surface area contributed by atoms with E-state index in [1.54, 1.807) is 0 Å². The molecule has 1 aromatic carbocycles. The number of hydrogen-bond donors (Lipinski definition) is 1. The van der Waals surface area contributed by atoms with Gasteiger partial charge in [0.05, 0.1) is 4.70 Å². The SMILES string of the molecule is NCCc1ccc2sc(=O)oc2c1. The molecule has 0 radical (unpaired) electrons. The molecule has 4 heteroatoms. The van der Waals surface area contributed by atoms with Crippen molar-refractivity contribution in [1.29, 1.82) is 0 Å². The number of nitrogens with two attached hydrogens (primary N) is 1. The van der Waals surface area contributed by atoms with Crippen molar-refractivity contribution in [2.45, 2.75) is 6.42 Å².